The maximum absolute atomic E-state index is 5.81. The summed E-state index contributed by atoms with van der Waals surface area (Å²) < 4.78 is 6.44. The quantitative estimate of drug-likeness (QED) is 0.613. The fraction of sp³-hybridized carbons (Fsp3) is 0.625. The van der Waals surface area contributed by atoms with Crippen LogP contribution < -0.4 is 16.0 Å². The molecule has 0 bridgehead atoms. The molecule has 1 fully saturated rings. The summed E-state index contributed by atoms with van der Waals surface area (Å²) in [5.41, 5.74) is 4.30. The second kappa shape index (κ2) is 7.43. The molecule has 1 aliphatic carbocycles. The zero-order chi connectivity index (χ0) is 14.5. The largest absolute Gasteiger partial charge is 0.497 e. The van der Waals surface area contributed by atoms with Crippen LogP contribution in [0, 0.1) is 11.8 Å². The lowest BCUT2D eigenvalue weighted by molar-refractivity contribution is 0.347. The molecule has 0 radical (unpaired) electrons. The second-order valence-electron chi connectivity index (χ2n) is 5.78. The van der Waals surface area contributed by atoms with Crippen LogP contribution in [0.3, 0.4) is 0 Å². The highest BCUT2D eigenvalue weighted by Gasteiger charge is 2.29. The molecule has 0 saturated heterocycles. The van der Waals surface area contributed by atoms with E-state index >= 15 is 0 Å². The van der Waals surface area contributed by atoms with E-state index in [1.54, 1.807) is 7.11 Å². The van der Waals surface area contributed by atoms with Crippen molar-refractivity contribution in [3.63, 3.8) is 0 Å². The fourth-order valence-electron chi connectivity index (χ4n) is 3.28. The number of nitrogens with two attached hydrogens (primary N) is 1. The van der Waals surface area contributed by atoms with Crippen molar-refractivity contribution in [1.29, 1.82) is 0 Å². The normalized spacial score (nSPS) is 23.8. The zero-order valence-electron chi connectivity index (χ0n) is 12.4. The van der Waals surface area contributed by atoms with Crippen molar-refractivity contribution in [2.75, 3.05) is 7.11 Å². The van der Waals surface area contributed by atoms with E-state index in [0.29, 0.717) is 12.0 Å². The summed E-state index contributed by atoms with van der Waals surface area (Å²) in [6.45, 7) is 2.29. The summed E-state index contributed by atoms with van der Waals surface area (Å²) in [4.78, 5) is 0. The van der Waals surface area contributed by atoms with Gasteiger partial charge in [-0.2, -0.15) is 0 Å². The summed E-state index contributed by atoms with van der Waals surface area (Å²) in [5, 5.41) is 0. The predicted molar refractivity (Wildman–Crippen MR) is 86.6 cm³/mol. The first-order chi connectivity index (χ1) is 9.67. The Kier molecular flexibility index (Phi) is 5.87. The van der Waals surface area contributed by atoms with Crippen LogP contribution in [-0.4, -0.2) is 13.2 Å². The Labute approximate surface area is 130 Å². The van der Waals surface area contributed by atoms with Crippen molar-refractivity contribution in [2.24, 2.45) is 17.7 Å². The highest BCUT2D eigenvalue weighted by Crippen LogP contribution is 2.36. The average Bonchev–Trinajstić information content (AvgIpc) is 2.95. The van der Waals surface area contributed by atoms with Gasteiger partial charge < -0.3 is 4.74 Å². The minimum atomic E-state index is 0.343. The summed E-state index contributed by atoms with van der Waals surface area (Å²) in [5.74, 6) is 8.27. The van der Waals surface area contributed by atoms with Crippen LogP contribution in [-0.2, 0) is 6.42 Å². The lowest BCUT2D eigenvalue weighted by atomic mass is 9.91. The van der Waals surface area contributed by atoms with Crippen LogP contribution in [0.5, 0.6) is 5.75 Å². The van der Waals surface area contributed by atoms with Gasteiger partial charge in [-0.15, -0.1) is 0 Å². The van der Waals surface area contributed by atoms with E-state index in [0.717, 1.165) is 22.6 Å². The maximum atomic E-state index is 5.81. The molecular formula is C16H25BrN2O. The molecule has 0 aliphatic heterocycles. The summed E-state index contributed by atoms with van der Waals surface area (Å²) in [6.07, 6.45) is 6.16. The molecule has 0 heterocycles. The van der Waals surface area contributed by atoms with E-state index in [4.69, 9.17) is 10.6 Å². The summed E-state index contributed by atoms with van der Waals surface area (Å²) >= 11 is 3.63. The number of methoxy groups -OCH3 is 1. The molecule has 3 nitrogen and oxygen atoms in total. The first-order valence-corrected chi connectivity index (χ1v) is 8.25. The Morgan fingerprint density at radius 3 is 2.85 bits per heavy atom. The molecule has 20 heavy (non-hydrogen) atoms. The van der Waals surface area contributed by atoms with Gasteiger partial charge in [0, 0.05) is 10.5 Å². The van der Waals surface area contributed by atoms with E-state index in [-0.39, 0.29) is 0 Å². The molecule has 1 aromatic carbocycles. The highest BCUT2D eigenvalue weighted by molar-refractivity contribution is 9.10. The molecule has 0 spiro atoms. The molecule has 3 N–H and O–H groups in total. The summed E-state index contributed by atoms with van der Waals surface area (Å²) in [7, 11) is 1.70. The van der Waals surface area contributed by atoms with Crippen molar-refractivity contribution in [2.45, 2.75) is 45.1 Å². The third-order valence-corrected chi connectivity index (χ3v) is 5.41. The number of rotatable bonds is 6. The van der Waals surface area contributed by atoms with Crippen molar-refractivity contribution < 1.29 is 4.74 Å². The third-order valence-electron chi connectivity index (χ3n) is 4.63. The maximum Gasteiger partial charge on any atom is 0.119 e. The van der Waals surface area contributed by atoms with E-state index in [2.05, 4.69) is 34.3 Å². The van der Waals surface area contributed by atoms with E-state index in [9.17, 15) is 0 Å². The fourth-order valence-corrected chi connectivity index (χ4v) is 3.69. The third kappa shape index (κ3) is 3.74. The van der Waals surface area contributed by atoms with Crippen LogP contribution in [0.1, 0.15) is 38.2 Å². The molecule has 4 heteroatoms. The van der Waals surface area contributed by atoms with Crippen LogP contribution in [0.25, 0.3) is 0 Å². The molecule has 112 valence electrons. The van der Waals surface area contributed by atoms with Gasteiger partial charge in [0.2, 0.25) is 0 Å². The van der Waals surface area contributed by atoms with Gasteiger partial charge in [0.1, 0.15) is 5.75 Å². The molecule has 3 atom stereocenters. The van der Waals surface area contributed by atoms with Gasteiger partial charge in [-0.3, -0.25) is 11.3 Å². The van der Waals surface area contributed by atoms with Gasteiger partial charge in [-0.1, -0.05) is 35.7 Å². The molecule has 0 amide bonds. The predicted octanol–water partition coefficient (Wildman–Crippen LogP) is 3.66. The van der Waals surface area contributed by atoms with Gasteiger partial charge in [0.25, 0.3) is 0 Å². The molecule has 0 aromatic heterocycles. The van der Waals surface area contributed by atoms with E-state index in [1.807, 2.05) is 12.1 Å². The number of halogens is 1. The molecular weight excluding hydrogens is 316 g/mol. The first-order valence-electron chi connectivity index (χ1n) is 7.46. The number of hydrogen-bond donors (Lipinski definition) is 2. The van der Waals surface area contributed by atoms with Gasteiger partial charge in [0.15, 0.2) is 0 Å². The standard InChI is InChI=1S/C16H25BrN2O/c1-3-11-4-5-12(8-11)16(19-18)10-13-9-14(20-2)6-7-15(13)17/h6-7,9,11-12,16,19H,3-5,8,10,18H2,1-2H3. The van der Waals surface area contributed by atoms with Crippen LogP contribution in [0.15, 0.2) is 22.7 Å². The molecule has 1 aliphatic rings. The van der Waals surface area contributed by atoms with Crippen LogP contribution in [0.2, 0.25) is 0 Å². The SMILES string of the molecule is CCC1CCC(C(Cc2cc(OC)ccc2Br)NN)C1. The van der Waals surface area contributed by atoms with Crippen molar-refractivity contribution in [3.8, 4) is 5.75 Å². The Balaban J connectivity index is 2.06. The van der Waals surface area contributed by atoms with Crippen molar-refractivity contribution in [1.82, 2.24) is 5.43 Å². The molecule has 1 aromatic rings. The molecule has 3 unspecified atom stereocenters. The Bertz CT molecular complexity index is 438. The minimum absolute atomic E-state index is 0.343. The van der Waals surface area contributed by atoms with E-state index < -0.39 is 0 Å². The Morgan fingerprint density at radius 2 is 2.25 bits per heavy atom. The zero-order valence-corrected chi connectivity index (χ0v) is 13.9. The smallest absolute Gasteiger partial charge is 0.119 e. The van der Waals surface area contributed by atoms with E-state index in [1.165, 1.54) is 31.2 Å². The van der Waals surface area contributed by atoms with Gasteiger partial charge in [-0.05, 0) is 54.9 Å². The Hall–Kier alpha value is -0.580. The van der Waals surface area contributed by atoms with Gasteiger partial charge >= 0.3 is 0 Å². The monoisotopic (exact) mass is 340 g/mol. The van der Waals surface area contributed by atoms with Crippen LogP contribution >= 0.6 is 15.9 Å². The number of ether oxygens (including phenoxy) is 1. The lowest BCUT2D eigenvalue weighted by Crippen LogP contribution is -2.41. The highest BCUT2D eigenvalue weighted by atomic mass is 79.9. The number of hydrazine groups is 1. The first kappa shape index (κ1) is 15.8. The van der Waals surface area contributed by atoms with Crippen molar-refractivity contribution >= 4 is 15.9 Å². The second-order valence-corrected chi connectivity index (χ2v) is 6.64. The molecule has 2 rings (SSSR count). The van der Waals surface area contributed by atoms with Crippen LogP contribution in [0.4, 0.5) is 0 Å². The average molecular weight is 341 g/mol. The van der Waals surface area contributed by atoms with Gasteiger partial charge in [-0.25, -0.2) is 0 Å². The topological polar surface area (TPSA) is 47.3 Å². The van der Waals surface area contributed by atoms with Gasteiger partial charge in [0.05, 0.1) is 7.11 Å². The number of nitrogens with one attached hydrogen (secondary N) is 1. The Morgan fingerprint density at radius 1 is 1.45 bits per heavy atom. The number of hydrogen-bond acceptors (Lipinski definition) is 3. The molecule has 1 saturated carbocycles. The summed E-state index contributed by atoms with van der Waals surface area (Å²) in [6, 6.07) is 6.46. The number of benzene rings is 1. The lowest BCUT2D eigenvalue weighted by Gasteiger charge is -2.24. The minimum Gasteiger partial charge on any atom is -0.497 e. The van der Waals surface area contributed by atoms with Crippen molar-refractivity contribution in [3.05, 3.63) is 28.2 Å².